The molecule has 1 N–H and O–H groups in total. The zero-order chi connectivity index (χ0) is 11.0. The van der Waals surface area contributed by atoms with Crippen molar-refractivity contribution in [2.75, 3.05) is 14.1 Å². The first kappa shape index (κ1) is 16.9. The molecule has 0 aromatic heterocycles. The number of hydrogen-bond donors (Lipinski definition) is 1. The van der Waals surface area contributed by atoms with E-state index in [1.165, 1.54) is 11.1 Å². The van der Waals surface area contributed by atoms with Gasteiger partial charge in [0, 0.05) is 0 Å². The van der Waals surface area contributed by atoms with Crippen LogP contribution in [0.5, 0.6) is 0 Å². The van der Waals surface area contributed by atoms with Crippen LogP contribution in [0.4, 0.5) is 0 Å². The third-order valence-electron chi connectivity index (χ3n) is 2.05. The van der Waals surface area contributed by atoms with Crippen molar-refractivity contribution in [3.63, 3.8) is 0 Å². The smallest absolute Gasteiger partial charge is 0.0167 e. The van der Waals surface area contributed by atoms with Crippen LogP contribution in [0.2, 0.25) is 0 Å². The van der Waals surface area contributed by atoms with Crippen LogP contribution in [0.3, 0.4) is 0 Å². The molecule has 0 aliphatic carbocycles. The minimum atomic E-state index is 0. The maximum absolute atomic E-state index is 2.75. The summed E-state index contributed by atoms with van der Waals surface area (Å²) in [6, 6.07) is 8.89. The Balaban J connectivity index is 0. The standard InChI is InChI=1S/C11H16.C2H7N.ClH/c1-4-10-5-7-11(8-6-10)9(2)3;1-3-2;/h5-9H,4H2,1-3H3;3H,1-2H3;1H. The minimum Gasteiger partial charge on any atom is -0.323 e. The summed E-state index contributed by atoms with van der Waals surface area (Å²) in [6.45, 7) is 6.63. The molecule has 0 atom stereocenters. The van der Waals surface area contributed by atoms with Gasteiger partial charge in [0.2, 0.25) is 0 Å². The summed E-state index contributed by atoms with van der Waals surface area (Å²) in [6.07, 6.45) is 1.14. The molecule has 0 radical (unpaired) electrons. The van der Waals surface area contributed by atoms with Crippen LogP contribution >= 0.6 is 12.4 Å². The van der Waals surface area contributed by atoms with E-state index >= 15 is 0 Å². The zero-order valence-electron chi connectivity index (χ0n) is 10.5. The predicted octanol–water partition coefficient (Wildman–Crippen LogP) is 3.63. The highest BCUT2D eigenvalue weighted by molar-refractivity contribution is 5.85. The summed E-state index contributed by atoms with van der Waals surface area (Å²) < 4.78 is 0. The number of benzene rings is 1. The largest absolute Gasteiger partial charge is 0.323 e. The number of nitrogens with one attached hydrogen (secondary N) is 1. The lowest BCUT2D eigenvalue weighted by atomic mass is 10.0. The van der Waals surface area contributed by atoms with E-state index in [0.29, 0.717) is 5.92 Å². The predicted molar refractivity (Wildman–Crippen MR) is 72.1 cm³/mol. The number of aryl methyl sites for hydroxylation is 1. The second-order valence-electron chi connectivity index (χ2n) is 3.75. The van der Waals surface area contributed by atoms with Gasteiger partial charge < -0.3 is 5.32 Å². The normalized spacial score (nSPS) is 8.93. The fraction of sp³-hybridized carbons (Fsp3) is 0.538. The molecule has 15 heavy (non-hydrogen) atoms. The van der Waals surface area contributed by atoms with Crippen LogP contribution in [0, 0.1) is 0 Å². The van der Waals surface area contributed by atoms with Crippen LogP contribution in [0.15, 0.2) is 24.3 Å². The summed E-state index contributed by atoms with van der Waals surface area (Å²) in [5, 5.41) is 2.75. The fourth-order valence-corrected chi connectivity index (χ4v) is 1.14. The molecule has 2 heteroatoms. The molecule has 1 aromatic rings. The van der Waals surface area contributed by atoms with E-state index in [9.17, 15) is 0 Å². The number of halogens is 1. The Morgan fingerprint density at radius 3 is 1.73 bits per heavy atom. The third kappa shape index (κ3) is 7.40. The molecule has 88 valence electrons. The lowest BCUT2D eigenvalue weighted by Gasteiger charge is -2.04. The Morgan fingerprint density at radius 1 is 1.07 bits per heavy atom. The first-order chi connectivity index (χ1) is 6.65. The zero-order valence-corrected chi connectivity index (χ0v) is 11.3. The van der Waals surface area contributed by atoms with E-state index < -0.39 is 0 Å². The average Bonchev–Trinajstić information content (AvgIpc) is 2.19. The summed E-state index contributed by atoms with van der Waals surface area (Å²) in [7, 11) is 3.75. The summed E-state index contributed by atoms with van der Waals surface area (Å²) in [5.74, 6) is 0.654. The quantitative estimate of drug-likeness (QED) is 0.817. The highest BCUT2D eigenvalue weighted by atomic mass is 35.5. The summed E-state index contributed by atoms with van der Waals surface area (Å²) in [5.41, 5.74) is 2.86. The molecular weight excluding hydrogens is 206 g/mol. The highest BCUT2D eigenvalue weighted by Gasteiger charge is 1.96. The van der Waals surface area contributed by atoms with Gasteiger partial charge in [-0.1, -0.05) is 45.0 Å². The fourth-order valence-electron chi connectivity index (χ4n) is 1.14. The number of hydrogen-bond acceptors (Lipinski definition) is 1. The molecule has 0 heterocycles. The molecule has 0 bridgehead atoms. The van der Waals surface area contributed by atoms with Gasteiger partial charge in [-0.15, -0.1) is 12.4 Å². The Bertz CT molecular complexity index is 229. The molecule has 1 aromatic carbocycles. The third-order valence-corrected chi connectivity index (χ3v) is 2.05. The number of rotatable bonds is 2. The van der Waals surface area contributed by atoms with Gasteiger partial charge in [0.25, 0.3) is 0 Å². The lowest BCUT2D eigenvalue weighted by Crippen LogP contribution is -1.89. The molecule has 0 aliphatic rings. The van der Waals surface area contributed by atoms with Gasteiger partial charge in [-0.3, -0.25) is 0 Å². The van der Waals surface area contributed by atoms with Gasteiger partial charge in [0.05, 0.1) is 0 Å². The van der Waals surface area contributed by atoms with Gasteiger partial charge in [0.1, 0.15) is 0 Å². The molecule has 0 amide bonds. The van der Waals surface area contributed by atoms with E-state index in [1.807, 2.05) is 14.1 Å². The van der Waals surface area contributed by atoms with E-state index in [0.717, 1.165) is 6.42 Å². The maximum Gasteiger partial charge on any atom is -0.0167 e. The van der Waals surface area contributed by atoms with Gasteiger partial charge in [-0.05, 0) is 37.6 Å². The van der Waals surface area contributed by atoms with Crippen molar-refractivity contribution in [2.45, 2.75) is 33.1 Å². The second-order valence-corrected chi connectivity index (χ2v) is 3.75. The van der Waals surface area contributed by atoms with Crippen LogP contribution in [-0.2, 0) is 6.42 Å². The van der Waals surface area contributed by atoms with E-state index in [4.69, 9.17) is 0 Å². The minimum absolute atomic E-state index is 0. The molecule has 1 rings (SSSR count). The second kappa shape index (κ2) is 10.0. The van der Waals surface area contributed by atoms with Crippen LogP contribution in [-0.4, -0.2) is 14.1 Å². The van der Waals surface area contributed by atoms with Crippen LogP contribution in [0.1, 0.15) is 37.8 Å². The first-order valence-electron chi connectivity index (χ1n) is 5.33. The molecule has 1 nitrogen and oxygen atoms in total. The van der Waals surface area contributed by atoms with Crippen molar-refractivity contribution in [1.82, 2.24) is 5.32 Å². The van der Waals surface area contributed by atoms with Gasteiger partial charge >= 0.3 is 0 Å². The van der Waals surface area contributed by atoms with Crippen molar-refractivity contribution >= 4 is 12.4 Å². The molecule has 0 fully saturated rings. The van der Waals surface area contributed by atoms with E-state index in [1.54, 1.807) is 0 Å². The topological polar surface area (TPSA) is 12.0 Å². The maximum atomic E-state index is 2.75. The molecule has 0 unspecified atom stereocenters. The van der Waals surface area contributed by atoms with Gasteiger partial charge in [0.15, 0.2) is 0 Å². The van der Waals surface area contributed by atoms with Crippen LogP contribution < -0.4 is 5.32 Å². The lowest BCUT2D eigenvalue weighted by molar-refractivity contribution is 0.865. The van der Waals surface area contributed by atoms with Crippen LogP contribution in [0.25, 0.3) is 0 Å². The Morgan fingerprint density at radius 2 is 1.47 bits per heavy atom. The van der Waals surface area contributed by atoms with Crippen molar-refractivity contribution in [1.29, 1.82) is 0 Å². The van der Waals surface area contributed by atoms with Crippen molar-refractivity contribution in [3.05, 3.63) is 35.4 Å². The van der Waals surface area contributed by atoms with E-state index in [2.05, 4.69) is 50.4 Å². The molecule has 0 spiro atoms. The Kier molecular flexibility index (Phi) is 11.3. The highest BCUT2D eigenvalue weighted by Crippen LogP contribution is 2.14. The first-order valence-corrected chi connectivity index (χ1v) is 5.33. The molecule has 0 saturated carbocycles. The van der Waals surface area contributed by atoms with Gasteiger partial charge in [-0.25, -0.2) is 0 Å². The molecular formula is C13H24ClN. The van der Waals surface area contributed by atoms with E-state index in [-0.39, 0.29) is 12.4 Å². The molecule has 0 saturated heterocycles. The Hall–Kier alpha value is -0.530. The average molecular weight is 230 g/mol. The summed E-state index contributed by atoms with van der Waals surface area (Å²) >= 11 is 0. The van der Waals surface area contributed by atoms with Crippen molar-refractivity contribution in [3.8, 4) is 0 Å². The van der Waals surface area contributed by atoms with Crippen molar-refractivity contribution < 1.29 is 0 Å². The monoisotopic (exact) mass is 229 g/mol. The van der Waals surface area contributed by atoms with Crippen molar-refractivity contribution in [2.24, 2.45) is 0 Å². The SMILES string of the molecule is CCc1ccc(C(C)C)cc1.CNC.Cl. The molecule has 0 aliphatic heterocycles. The summed E-state index contributed by atoms with van der Waals surface area (Å²) in [4.78, 5) is 0. The Labute approximate surface area is 101 Å². The van der Waals surface area contributed by atoms with Gasteiger partial charge in [-0.2, -0.15) is 0 Å².